The van der Waals surface area contributed by atoms with Gasteiger partial charge < -0.3 is 9.97 Å². The Morgan fingerprint density at radius 2 is 1.38 bits per heavy atom. The first-order valence-electron chi connectivity index (χ1n) is 13.1. The van der Waals surface area contributed by atoms with E-state index in [1.807, 2.05) is 54.7 Å². The monoisotopic (exact) mass is 686 g/mol. The van der Waals surface area contributed by atoms with E-state index in [0.29, 0.717) is 11.8 Å². The Morgan fingerprint density at radius 3 is 2.10 bits per heavy atom. The number of pyridine rings is 3. The standard InChI is InChI=1S/C24H23N2.C11H8N.Ir/c1-15(2)17-11-12-25-23(14-17)18-9-10-19-20-7-5-6-8-22(20)26-24(16(3)4)21(19)13-18;1-2-6-10(7-3-1)11-8-4-5-9-12-11;/h5-8,10-16H,1-4H3;1-6,8-9H;/q2*-1;. The minimum atomic E-state index is 0. The minimum absolute atomic E-state index is 0. The number of hydrogen-bond acceptors (Lipinski definition) is 3. The molecule has 3 aromatic carbocycles. The van der Waals surface area contributed by atoms with Crippen LogP contribution in [0.3, 0.4) is 0 Å². The SMILES string of the molecule is CC(C)c1ccnc(-c2[c-]cc3c(c2)c(C(C)C)nc2ccccc23)c1.[Ir].[c-]1ccccc1-c1ccccn1. The summed E-state index contributed by atoms with van der Waals surface area (Å²) in [7, 11) is 0. The van der Waals surface area contributed by atoms with E-state index in [1.165, 1.54) is 21.7 Å². The summed E-state index contributed by atoms with van der Waals surface area (Å²) in [5.74, 6) is 0.835. The van der Waals surface area contributed by atoms with Crippen molar-refractivity contribution in [3.63, 3.8) is 0 Å². The maximum absolute atomic E-state index is 4.95. The Labute approximate surface area is 244 Å². The van der Waals surface area contributed by atoms with E-state index in [1.54, 1.807) is 6.20 Å². The van der Waals surface area contributed by atoms with Gasteiger partial charge in [0.1, 0.15) is 0 Å². The molecule has 0 fully saturated rings. The molecule has 3 heterocycles. The Morgan fingerprint density at radius 1 is 0.615 bits per heavy atom. The fourth-order valence-corrected chi connectivity index (χ4v) is 4.53. The van der Waals surface area contributed by atoms with Crippen molar-refractivity contribution >= 4 is 21.7 Å². The van der Waals surface area contributed by atoms with E-state index >= 15 is 0 Å². The van der Waals surface area contributed by atoms with Gasteiger partial charge in [-0.05, 0) is 46.8 Å². The van der Waals surface area contributed by atoms with E-state index < -0.39 is 0 Å². The fourth-order valence-electron chi connectivity index (χ4n) is 4.53. The normalized spacial score (nSPS) is 10.8. The molecule has 3 nitrogen and oxygen atoms in total. The van der Waals surface area contributed by atoms with Crippen LogP contribution in [0.1, 0.15) is 50.8 Å². The maximum atomic E-state index is 4.95. The zero-order chi connectivity index (χ0) is 26.5. The molecular formula is C35H31IrN3-2. The number of fused-ring (bicyclic) bond motifs is 3. The molecule has 0 atom stereocenters. The molecule has 0 N–H and O–H groups in total. The third-order valence-corrected chi connectivity index (χ3v) is 6.59. The van der Waals surface area contributed by atoms with Gasteiger partial charge in [0.05, 0.1) is 5.52 Å². The van der Waals surface area contributed by atoms with E-state index in [-0.39, 0.29) is 20.1 Å². The predicted octanol–water partition coefficient (Wildman–Crippen LogP) is 9.04. The summed E-state index contributed by atoms with van der Waals surface area (Å²) in [4.78, 5) is 13.8. The van der Waals surface area contributed by atoms with Crippen LogP contribution in [0, 0.1) is 12.1 Å². The number of rotatable bonds is 4. The molecule has 6 rings (SSSR count). The molecule has 3 aromatic heterocycles. The van der Waals surface area contributed by atoms with Gasteiger partial charge in [0, 0.05) is 38.2 Å². The number of benzene rings is 3. The molecular weight excluding hydrogens is 655 g/mol. The number of hydrogen-bond donors (Lipinski definition) is 0. The molecule has 0 aliphatic heterocycles. The maximum Gasteiger partial charge on any atom is 0.0618 e. The first-order valence-corrected chi connectivity index (χ1v) is 13.1. The fraction of sp³-hybridized carbons (Fsp3) is 0.171. The van der Waals surface area contributed by atoms with Crippen LogP contribution in [0.4, 0.5) is 0 Å². The van der Waals surface area contributed by atoms with Crippen LogP contribution in [0.25, 0.3) is 44.2 Å². The summed E-state index contributed by atoms with van der Waals surface area (Å²) in [5.41, 5.74) is 7.49. The Balaban J connectivity index is 0.000000228. The van der Waals surface area contributed by atoms with Gasteiger partial charge in [0.25, 0.3) is 0 Å². The van der Waals surface area contributed by atoms with E-state index in [0.717, 1.165) is 33.7 Å². The number of para-hydroxylation sites is 1. The van der Waals surface area contributed by atoms with Gasteiger partial charge in [0.2, 0.25) is 0 Å². The van der Waals surface area contributed by atoms with Gasteiger partial charge in [-0.2, -0.15) is 0 Å². The Hall–Kier alpha value is -3.72. The summed E-state index contributed by atoms with van der Waals surface area (Å²) < 4.78 is 0. The van der Waals surface area contributed by atoms with E-state index in [4.69, 9.17) is 4.98 Å². The van der Waals surface area contributed by atoms with Gasteiger partial charge in [-0.3, -0.25) is 4.98 Å². The molecule has 4 heteroatoms. The summed E-state index contributed by atoms with van der Waals surface area (Å²) in [5, 5.41) is 3.59. The van der Waals surface area contributed by atoms with Crippen molar-refractivity contribution in [3.8, 4) is 22.5 Å². The van der Waals surface area contributed by atoms with Crippen molar-refractivity contribution < 1.29 is 20.1 Å². The second-order valence-electron chi connectivity index (χ2n) is 9.96. The quantitative estimate of drug-likeness (QED) is 0.137. The number of nitrogens with zero attached hydrogens (tertiary/aromatic N) is 3. The third kappa shape index (κ3) is 6.47. The second-order valence-corrected chi connectivity index (χ2v) is 9.96. The van der Waals surface area contributed by atoms with Crippen LogP contribution in [-0.2, 0) is 20.1 Å². The first kappa shape index (κ1) is 28.3. The van der Waals surface area contributed by atoms with Gasteiger partial charge in [-0.15, -0.1) is 59.7 Å². The van der Waals surface area contributed by atoms with Gasteiger partial charge in [-0.25, -0.2) is 0 Å². The van der Waals surface area contributed by atoms with Crippen molar-refractivity contribution in [2.24, 2.45) is 0 Å². The summed E-state index contributed by atoms with van der Waals surface area (Å²) in [6.45, 7) is 8.81. The molecule has 197 valence electrons. The minimum Gasteiger partial charge on any atom is -0.305 e. The van der Waals surface area contributed by atoms with Gasteiger partial charge >= 0.3 is 0 Å². The number of aromatic nitrogens is 3. The van der Waals surface area contributed by atoms with Crippen LogP contribution in [0.15, 0.2) is 103 Å². The van der Waals surface area contributed by atoms with E-state index in [2.05, 4.69) is 92.3 Å². The molecule has 0 saturated heterocycles. The average Bonchev–Trinajstić information content (AvgIpc) is 2.97. The molecule has 6 aromatic rings. The molecule has 0 saturated carbocycles. The Bertz CT molecular complexity index is 1620. The van der Waals surface area contributed by atoms with Gasteiger partial charge in [-0.1, -0.05) is 80.4 Å². The van der Waals surface area contributed by atoms with Crippen LogP contribution in [-0.4, -0.2) is 15.0 Å². The molecule has 0 aliphatic carbocycles. The zero-order valence-electron chi connectivity index (χ0n) is 22.6. The van der Waals surface area contributed by atoms with Crippen molar-refractivity contribution in [2.75, 3.05) is 0 Å². The topological polar surface area (TPSA) is 38.7 Å². The van der Waals surface area contributed by atoms with Gasteiger partial charge in [0.15, 0.2) is 0 Å². The van der Waals surface area contributed by atoms with Crippen LogP contribution >= 0.6 is 0 Å². The molecule has 1 radical (unpaired) electrons. The average molecular weight is 686 g/mol. The van der Waals surface area contributed by atoms with Crippen molar-refractivity contribution in [3.05, 3.63) is 127 Å². The summed E-state index contributed by atoms with van der Waals surface area (Å²) >= 11 is 0. The van der Waals surface area contributed by atoms with Crippen molar-refractivity contribution in [1.29, 1.82) is 0 Å². The third-order valence-electron chi connectivity index (χ3n) is 6.59. The first-order chi connectivity index (χ1) is 18.5. The smallest absolute Gasteiger partial charge is 0.0618 e. The largest absolute Gasteiger partial charge is 0.305 e. The molecule has 0 spiro atoms. The predicted molar refractivity (Wildman–Crippen MR) is 158 cm³/mol. The Kier molecular flexibility index (Phi) is 9.35. The van der Waals surface area contributed by atoms with Crippen LogP contribution < -0.4 is 0 Å². The van der Waals surface area contributed by atoms with Crippen molar-refractivity contribution in [2.45, 2.75) is 39.5 Å². The molecule has 0 bridgehead atoms. The molecule has 0 unspecified atom stereocenters. The summed E-state index contributed by atoms with van der Waals surface area (Å²) in [6.07, 6.45) is 3.68. The van der Waals surface area contributed by atoms with E-state index in [9.17, 15) is 0 Å². The molecule has 0 amide bonds. The zero-order valence-corrected chi connectivity index (χ0v) is 25.0. The molecule has 39 heavy (non-hydrogen) atoms. The molecule has 0 aliphatic rings. The van der Waals surface area contributed by atoms with Crippen LogP contribution in [0.2, 0.25) is 0 Å². The second kappa shape index (κ2) is 12.9. The summed E-state index contributed by atoms with van der Waals surface area (Å²) in [6, 6.07) is 37.2. The van der Waals surface area contributed by atoms with Crippen LogP contribution in [0.5, 0.6) is 0 Å². The van der Waals surface area contributed by atoms with Crippen molar-refractivity contribution in [1.82, 2.24) is 15.0 Å².